The summed E-state index contributed by atoms with van der Waals surface area (Å²) >= 11 is 5.53. The second-order valence-corrected chi connectivity index (χ2v) is 8.66. The molecule has 0 amide bonds. The van der Waals surface area contributed by atoms with E-state index in [1.807, 2.05) is 31.2 Å². The molecule has 7 nitrogen and oxygen atoms in total. The van der Waals surface area contributed by atoms with Gasteiger partial charge in [-0.3, -0.25) is 4.79 Å². The SMILES string of the molecule is CCCc1nc2ccc(Br)cc2c(=O)n1N=Cc1ccc(OCC(=O)OCC)c(I)c1. The van der Waals surface area contributed by atoms with Gasteiger partial charge in [-0.05, 0) is 77.9 Å². The van der Waals surface area contributed by atoms with Crippen molar-refractivity contribution in [3.05, 3.63) is 66.2 Å². The number of aryl methyl sites for hydroxylation is 1. The molecule has 3 rings (SSSR count). The second kappa shape index (κ2) is 10.9. The Bertz CT molecular complexity index is 1190. The summed E-state index contributed by atoms with van der Waals surface area (Å²) in [6, 6.07) is 10.9. The fourth-order valence-corrected chi connectivity index (χ4v) is 3.93. The molecule has 2 aromatic carbocycles. The Kier molecular flexibility index (Phi) is 8.19. The van der Waals surface area contributed by atoms with E-state index in [1.165, 1.54) is 4.68 Å². The highest BCUT2D eigenvalue weighted by Gasteiger charge is 2.11. The summed E-state index contributed by atoms with van der Waals surface area (Å²) in [6.07, 6.45) is 3.09. The first kappa shape index (κ1) is 23.4. The van der Waals surface area contributed by atoms with Crippen molar-refractivity contribution in [3.8, 4) is 5.75 Å². The van der Waals surface area contributed by atoms with Crippen LogP contribution in [0.3, 0.4) is 0 Å². The molecule has 31 heavy (non-hydrogen) atoms. The Labute approximate surface area is 201 Å². The quantitative estimate of drug-likeness (QED) is 0.216. The zero-order chi connectivity index (χ0) is 22.4. The summed E-state index contributed by atoms with van der Waals surface area (Å²) in [4.78, 5) is 29.1. The molecule has 3 aromatic rings. The third kappa shape index (κ3) is 5.91. The van der Waals surface area contributed by atoms with Crippen molar-refractivity contribution < 1.29 is 14.3 Å². The van der Waals surface area contributed by atoms with Gasteiger partial charge in [-0.2, -0.15) is 9.78 Å². The van der Waals surface area contributed by atoms with Crippen LogP contribution in [0.25, 0.3) is 10.9 Å². The number of hydrogen-bond donors (Lipinski definition) is 0. The number of esters is 1. The third-order valence-electron chi connectivity index (χ3n) is 4.28. The van der Waals surface area contributed by atoms with Crippen LogP contribution in [-0.4, -0.2) is 35.1 Å². The van der Waals surface area contributed by atoms with E-state index in [2.05, 4.69) is 48.6 Å². The molecule has 0 N–H and O–H groups in total. The number of carbonyl (C=O) groups excluding carboxylic acids is 1. The number of fused-ring (bicyclic) bond motifs is 1. The molecule has 1 aromatic heterocycles. The Morgan fingerprint density at radius 2 is 2.06 bits per heavy atom. The topological polar surface area (TPSA) is 82.8 Å². The fraction of sp³-hybridized carbons (Fsp3) is 0.273. The van der Waals surface area contributed by atoms with Crippen LogP contribution in [0, 0.1) is 3.57 Å². The standard InChI is InChI=1S/C22H21BrIN3O4/c1-3-5-20-26-18-8-7-15(23)11-16(18)22(29)27(20)25-12-14-6-9-19(17(24)10-14)31-13-21(28)30-4-2/h6-12H,3-5,13H2,1-2H3. The molecule has 0 aliphatic carbocycles. The van der Waals surface area contributed by atoms with E-state index in [0.717, 1.165) is 20.0 Å². The first-order valence-corrected chi connectivity index (χ1v) is 11.6. The van der Waals surface area contributed by atoms with Gasteiger partial charge in [0.05, 0.1) is 27.3 Å². The van der Waals surface area contributed by atoms with Gasteiger partial charge in [0, 0.05) is 10.9 Å². The van der Waals surface area contributed by atoms with Crippen LogP contribution in [-0.2, 0) is 16.0 Å². The van der Waals surface area contributed by atoms with Gasteiger partial charge in [0.15, 0.2) is 6.61 Å². The Balaban J connectivity index is 1.89. The third-order valence-corrected chi connectivity index (χ3v) is 5.61. The van der Waals surface area contributed by atoms with Crippen LogP contribution in [0.2, 0.25) is 0 Å². The van der Waals surface area contributed by atoms with Crippen LogP contribution < -0.4 is 10.3 Å². The maximum atomic E-state index is 13.0. The van der Waals surface area contributed by atoms with E-state index in [-0.39, 0.29) is 12.2 Å². The minimum atomic E-state index is -0.415. The van der Waals surface area contributed by atoms with Gasteiger partial charge >= 0.3 is 5.97 Å². The average Bonchev–Trinajstić information content (AvgIpc) is 2.74. The van der Waals surface area contributed by atoms with Crippen molar-refractivity contribution in [2.24, 2.45) is 5.10 Å². The predicted molar refractivity (Wildman–Crippen MR) is 132 cm³/mol. The maximum Gasteiger partial charge on any atom is 0.344 e. The molecule has 0 unspecified atom stereocenters. The van der Waals surface area contributed by atoms with Gasteiger partial charge in [0.25, 0.3) is 5.56 Å². The van der Waals surface area contributed by atoms with E-state index >= 15 is 0 Å². The Morgan fingerprint density at radius 1 is 1.26 bits per heavy atom. The lowest BCUT2D eigenvalue weighted by Crippen LogP contribution is -2.22. The average molecular weight is 598 g/mol. The molecule has 162 valence electrons. The van der Waals surface area contributed by atoms with Gasteiger partial charge in [0.2, 0.25) is 0 Å². The van der Waals surface area contributed by atoms with Gasteiger partial charge in [-0.25, -0.2) is 9.78 Å². The summed E-state index contributed by atoms with van der Waals surface area (Å²) in [5.74, 6) is 0.775. The molecule has 0 saturated carbocycles. The Morgan fingerprint density at radius 3 is 2.77 bits per heavy atom. The van der Waals surface area contributed by atoms with Crippen LogP contribution in [0.5, 0.6) is 5.75 Å². The smallest absolute Gasteiger partial charge is 0.344 e. The highest BCUT2D eigenvalue weighted by atomic mass is 127. The Hall–Kier alpha value is -2.27. The minimum absolute atomic E-state index is 0.147. The molecule has 0 aliphatic rings. The summed E-state index contributed by atoms with van der Waals surface area (Å²) in [6.45, 7) is 3.94. The molecule has 0 fully saturated rings. The number of ether oxygens (including phenoxy) is 2. The number of nitrogens with zero attached hydrogens (tertiary/aromatic N) is 3. The van der Waals surface area contributed by atoms with Crippen LogP contribution in [0.4, 0.5) is 0 Å². The van der Waals surface area contributed by atoms with Crippen molar-refractivity contribution >= 4 is 61.6 Å². The van der Waals surface area contributed by atoms with Crippen LogP contribution >= 0.6 is 38.5 Å². The second-order valence-electron chi connectivity index (χ2n) is 6.58. The summed E-state index contributed by atoms with van der Waals surface area (Å²) in [5.41, 5.74) is 1.23. The number of rotatable bonds is 8. The molecule has 0 aliphatic heterocycles. The number of benzene rings is 2. The normalized spacial score (nSPS) is 11.2. The van der Waals surface area contributed by atoms with Gasteiger partial charge in [0.1, 0.15) is 11.6 Å². The number of hydrogen-bond acceptors (Lipinski definition) is 6. The lowest BCUT2D eigenvalue weighted by molar-refractivity contribution is -0.145. The minimum Gasteiger partial charge on any atom is -0.481 e. The largest absolute Gasteiger partial charge is 0.481 e. The summed E-state index contributed by atoms with van der Waals surface area (Å²) in [5, 5.41) is 4.93. The van der Waals surface area contributed by atoms with Crippen molar-refractivity contribution in [1.29, 1.82) is 0 Å². The number of carbonyl (C=O) groups is 1. The maximum absolute atomic E-state index is 13.0. The predicted octanol–water partition coefficient (Wildman–Crippen LogP) is 4.54. The van der Waals surface area contributed by atoms with E-state index in [0.29, 0.717) is 35.5 Å². The molecule has 0 bridgehead atoms. The number of halogens is 2. The van der Waals surface area contributed by atoms with Crippen LogP contribution in [0.15, 0.2) is 50.8 Å². The van der Waals surface area contributed by atoms with E-state index in [4.69, 9.17) is 9.47 Å². The van der Waals surface area contributed by atoms with Crippen LogP contribution in [0.1, 0.15) is 31.7 Å². The molecule has 0 saturated heterocycles. The van der Waals surface area contributed by atoms with Crippen molar-refractivity contribution in [2.45, 2.75) is 26.7 Å². The molecule has 0 atom stereocenters. The zero-order valence-corrected chi connectivity index (χ0v) is 20.8. The molecular formula is C22H21BrIN3O4. The first-order valence-electron chi connectivity index (χ1n) is 9.76. The molecule has 9 heteroatoms. The summed E-state index contributed by atoms with van der Waals surface area (Å²) in [7, 11) is 0. The molecular weight excluding hydrogens is 577 g/mol. The molecule has 0 spiro atoms. The highest BCUT2D eigenvalue weighted by Crippen LogP contribution is 2.22. The lowest BCUT2D eigenvalue weighted by atomic mass is 10.2. The van der Waals surface area contributed by atoms with Crippen molar-refractivity contribution in [2.75, 3.05) is 13.2 Å². The van der Waals surface area contributed by atoms with E-state index in [9.17, 15) is 9.59 Å². The molecule has 1 heterocycles. The lowest BCUT2D eigenvalue weighted by Gasteiger charge is -2.09. The molecule has 0 radical (unpaired) electrons. The summed E-state index contributed by atoms with van der Waals surface area (Å²) < 4.78 is 13.3. The van der Waals surface area contributed by atoms with Crippen molar-refractivity contribution in [1.82, 2.24) is 9.66 Å². The van der Waals surface area contributed by atoms with Crippen molar-refractivity contribution in [3.63, 3.8) is 0 Å². The van der Waals surface area contributed by atoms with Gasteiger partial charge in [-0.1, -0.05) is 22.9 Å². The monoisotopic (exact) mass is 597 g/mol. The zero-order valence-electron chi connectivity index (χ0n) is 17.1. The highest BCUT2D eigenvalue weighted by molar-refractivity contribution is 14.1. The first-order chi connectivity index (χ1) is 14.9. The van der Waals surface area contributed by atoms with Gasteiger partial charge < -0.3 is 9.47 Å². The number of aromatic nitrogens is 2. The van der Waals surface area contributed by atoms with Gasteiger partial charge in [-0.15, -0.1) is 0 Å². The van der Waals surface area contributed by atoms with E-state index in [1.54, 1.807) is 25.3 Å². The van der Waals surface area contributed by atoms with E-state index < -0.39 is 5.97 Å². The fourth-order valence-electron chi connectivity index (χ4n) is 2.88.